The van der Waals surface area contributed by atoms with Crippen LogP contribution in [0.25, 0.3) is 0 Å². The van der Waals surface area contributed by atoms with Crippen molar-refractivity contribution in [1.29, 1.82) is 0 Å². The van der Waals surface area contributed by atoms with E-state index in [4.69, 9.17) is 0 Å². The summed E-state index contributed by atoms with van der Waals surface area (Å²) in [5.74, 6) is -0.209. The molecule has 13 heavy (non-hydrogen) atoms. The smallest absolute Gasteiger partial charge is 0.280 e. The van der Waals surface area contributed by atoms with Crippen LogP contribution in [0.3, 0.4) is 0 Å². The highest BCUT2D eigenvalue weighted by Crippen LogP contribution is 1.92. The predicted molar refractivity (Wildman–Crippen MR) is 53.9 cm³/mol. The standard InChI is InChI=1S/C9H19N3O/c1-4-5-6-7-11-8(2)9(13)12-10-3/h10-11H,2,4-7H2,1,3H3,(H,12,13). The van der Waals surface area contributed by atoms with Gasteiger partial charge in [-0.15, -0.1) is 0 Å². The van der Waals surface area contributed by atoms with Crippen LogP contribution < -0.4 is 16.2 Å². The summed E-state index contributed by atoms with van der Waals surface area (Å²) in [4.78, 5) is 11.1. The molecule has 0 aliphatic heterocycles. The topological polar surface area (TPSA) is 53.2 Å². The predicted octanol–water partition coefficient (Wildman–Crippen LogP) is 0.531. The molecule has 0 heterocycles. The van der Waals surface area contributed by atoms with Gasteiger partial charge in [-0.3, -0.25) is 10.2 Å². The number of unbranched alkanes of at least 4 members (excludes halogenated alkanes) is 2. The second-order valence-electron chi connectivity index (χ2n) is 2.82. The lowest BCUT2D eigenvalue weighted by Crippen LogP contribution is -2.38. The van der Waals surface area contributed by atoms with Crippen molar-refractivity contribution in [2.75, 3.05) is 13.6 Å². The second-order valence-corrected chi connectivity index (χ2v) is 2.82. The lowest BCUT2D eigenvalue weighted by molar-refractivity contribution is -0.118. The Balaban J connectivity index is 3.44. The highest BCUT2D eigenvalue weighted by molar-refractivity contribution is 5.91. The van der Waals surface area contributed by atoms with Crippen molar-refractivity contribution in [3.8, 4) is 0 Å². The maximum Gasteiger partial charge on any atom is 0.280 e. The molecular formula is C9H19N3O. The van der Waals surface area contributed by atoms with Crippen LogP contribution >= 0.6 is 0 Å². The molecular weight excluding hydrogens is 166 g/mol. The summed E-state index contributed by atoms with van der Waals surface area (Å²) in [5.41, 5.74) is 5.39. The summed E-state index contributed by atoms with van der Waals surface area (Å²) in [6.45, 7) is 6.56. The van der Waals surface area contributed by atoms with Crippen molar-refractivity contribution in [2.24, 2.45) is 0 Å². The zero-order valence-electron chi connectivity index (χ0n) is 8.44. The number of hydrogen-bond donors (Lipinski definition) is 3. The number of amides is 1. The highest BCUT2D eigenvalue weighted by Gasteiger charge is 2.02. The molecule has 0 saturated carbocycles. The quantitative estimate of drug-likeness (QED) is 0.308. The molecule has 0 bridgehead atoms. The van der Waals surface area contributed by atoms with Crippen LogP contribution in [-0.2, 0) is 4.79 Å². The van der Waals surface area contributed by atoms with Crippen molar-refractivity contribution < 1.29 is 4.79 Å². The fraction of sp³-hybridized carbons (Fsp3) is 0.667. The molecule has 4 heteroatoms. The van der Waals surface area contributed by atoms with Crippen LogP contribution in [0.1, 0.15) is 26.2 Å². The van der Waals surface area contributed by atoms with E-state index in [9.17, 15) is 4.79 Å². The van der Waals surface area contributed by atoms with Gasteiger partial charge in [0.05, 0.1) is 5.70 Å². The van der Waals surface area contributed by atoms with E-state index < -0.39 is 0 Å². The van der Waals surface area contributed by atoms with Crippen LogP contribution in [0.15, 0.2) is 12.3 Å². The Morgan fingerprint density at radius 2 is 2.08 bits per heavy atom. The third-order valence-corrected chi connectivity index (χ3v) is 1.63. The number of hydrazine groups is 1. The lowest BCUT2D eigenvalue weighted by Gasteiger charge is -2.08. The fourth-order valence-corrected chi connectivity index (χ4v) is 0.884. The molecule has 0 aliphatic carbocycles. The van der Waals surface area contributed by atoms with Gasteiger partial charge in [-0.25, -0.2) is 5.43 Å². The number of rotatable bonds is 7. The van der Waals surface area contributed by atoms with Crippen LogP contribution in [0.2, 0.25) is 0 Å². The van der Waals surface area contributed by atoms with Gasteiger partial charge in [0.1, 0.15) is 0 Å². The average Bonchev–Trinajstić information content (AvgIpc) is 2.12. The van der Waals surface area contributed by atoms with E-state index in [1.165, 1.54) is 12.8 Å². The summed E-state index contributed by atoms with van der Waals surface area (Å²) < 4.78 is 0. The van der Waals surface area contributed by atoms with E-state index in [2.05, 4.69) is 29.7 Å². The Labute approximate surface area is 79.8 Å². The molecule has 0 saturated heterocycles. The van der Waals surface area contributed by atoms with Crippen molar-refractivity contribution in [1.82, 2.24) is 16.2 Å². The van der Waals surface area contributed by atoms with Gasteiger partial charge < -0.3 is 5.32 Å². The van der Waals surface area contributed by atoms with Crippen molar-refractivity contribution in [3.05, 3.63) is 12.3 Å². The van der Waals surface area contributed by atoms with Crippen LogP contribution in [0, 0.1) is 0 Å². The Morgan fingerprint density at radius 3 is 2.62 bits per heavy atom. The van der Waals surface area contributed by atoms with Crippen molar-refractivity contribution in [3.63, 3.8) is 0 Å². The van der Waals surface area contributed by atoms with Crippen LogP contribution in [0.5, 0.6) is 0 Å². The second kappa shape index (κ2) is 7.61. The first kappa shape index (κ1) is 12.0. The van der Waals surface area contributed by atoms with Gasteiger partial charge in [-0.1, -0.05) is 26.3 Å². The average molecular weight is 185 g/mol. The first-order valence-corrected chi connectivity index (χ1v) is 4.62. The molecule has 3 N–H and O–H groups in total. The van der Waals surface area contributed by atoms with Crippen LogP contribution in [-0.4, -0.2) is 19.5 Å². The number of hydrogen-bond acceptors (Lipinski definition) is 3. The SMILES string of the molecule is C=C(NCCCCC)C(=O)NNC. The third-order valence-electron chi connectivity index (χ3n) is 1.63. The highest BCUT2D eigenvalue weighted by atomic mass is 16.2. The van der Waals surface area contributed by atoms with Crippen molar-refractivity contribution in [2.45, 2.75) is 26.2 Å². The first-order valence-electron chi connectivity index (χ1n) is 4.62. The summed E-state index contributed by atoms with van der Waals surface area (Å²) >= 11 is 0. The van der Waals surface area contributed by atoms with E-state index in [0.29, 0.717) is 5.70 Å². The molecule has 0 unspecified atom stereocenters. The minimum Gasteiger partial charge on any atom is -0.381 e. The third kappa shape index (κ3) is 6.16. The van der Waals surface area contributed by atoms with E-state index in [0.717, 1.165) is 13.0 Å². The summed E-state index contributed by atoms with van der Waals surface area (Å²) in [6.07, 6.45) is 3.42. The zero-order valence-corrected chi connectivity index (χ0v) is 8.44. The Morgan fingerprint density at radius 1 is 1.38 bits per heavy atom. The molecule has 0 spiro atoms. The minimum atomic E-state index is -0.209. The maximum absolute atomic E-state index is 11.1. The fourth-order valence-electron chi connectivity index (χ4n) is 0.884. The van der Waals surface area contributed by atoms with Gasteiger partial charge in [0.2, 0.25) is 0 Å². The molecule has 0 aliphatic rings. The first-order chi connectivity index (χ1) is 6.22. The van der Waals surface area contributed by atoms with E-state index in [-0.39, 0.29) is 5.91 Å². The monoisotopic (exact) mass is 185 g/mol. The van der Waals surface area contributed by atoms with Gasteiger partial charge in [0.15, 0.2) is 0 Å². The number of carbonyl (C=O) groups is 1. The zero-order chi connectivity index (χ0) is 10.1. The molecule has 1 amide bonds. The largest absolute Gasteiger partial charge is 0.381 e. The minimum absolute atomic E-state index is 0.209. The molecule has 0 aromatic rings. The molecule has 0 radical (unpaired) electrons. The maximum atomic E-state index is 11.1. The van der Waals surface area contributed by atoms with Gasteiger partial charge in [-0.2, -0.15) is 0 Å². The Bertz CT molecular complexity index is 168. The normalized spacial score (nSPS) is 9.38. The molecule has 0 aromatic carbocycles. The van der Waals surface area contributed by atoms with Crippen LogP contribution in [0.4, 0.5) is 0 Å². The molecule has 4 nitrogen and oxygen atoms in total. The summed E-state index contributed by atoms with van der Waals surface area (Å²) in [7, 11) is 1.64. The van der Waals surface area contributed by atoms with E-state index in [1.54, 1.807) is 7.05 Å². The lowest BCUT2D eigenvalue weighted by atomic mass is 10.2. The molecule has 76 valence electrons. The Kier molecular flexibility index (Phi) is 7.01. The van der Waals surface area contributed by atoms with Crippen molar-refractivity contribution >= 4 is 5.91 Å². The van der Waals surface area contributed by atoms with Gasteiger partial charge in [0.25, 0.3) is 5.91 Å². The summed E-state index contributed by atoms with van der Waals surface area (Å²) in [6, 6.07) is 0. The van der Waals surface area contributed by atoms with E-state index in [1.807, 2.05) is 0 Å². The molecule has 0 atom stereocenters. The van der Waals surface area contributed by atoms with Gasteiger partial charge in [0, 0.05) is 13.6 Å². The molecule has 0 aromatic heterocycles. The van der Waals surface area contributed by atoms with E-state index >= 15 is 0 Å². The molecule has 0 rings (SSSR count). The van der Waals surface area contributed by atoms with Gasteiger partial charge >= 0.3 is 0 Å². The number of carbonyl (C=O) groups excluding carboxylic acids is 1. The van der Waals surface area contributed by atoms with Gasteiger partial charge in [-0.05, 0) is 6.42 Å². The Hall–Kier alpha value is -1.03. The summed E-state index contributed by atoms with van der Waals surface area (Å²) in [5, 5.41) is 2.96. The molecule has 0 fully saturated rings. The number of nitrogens with one attached hydrogen (secondary N) is 3.